The van der Waals surface area contributed by atoms with Gasteiger partial charge < -0.3 is 15.5 Å². The first-order valence-electron chi connectivity index (χ1n) is 6.53. The standard InChI is InChI=1S/C12H25N3/c13-5-1-2-6-14-7-9-15(10-8-14)11-12-3-4-12/h12H,1-11,13H2. The van der Waals surface area contributed by atoms with Gasteiger partial charge in [-0.3, -0.25) is 0 Å². The van der Waals surface area contributed by atoms with Crippen molar-refractivity contribution in [2.24, 2.45) is 11.7 Å². The van der Waals surface area contributed by atoms with Crippen LogP contribution in [0.15, 0.2) is 0 Å². The van der Waals surface area contributed by atoms with Gasteiger partial charge in [-0.1, -0.05) is 0 Å². The highest BCUT2D eigenvalue weighted by Gasteiger charge is 2.25. The molecule has 1 aliphatic heterocycles. The Morgan fingerprint density at radius 2 is 1.60 bits per heavy atom. The van der Waals surface area contributed by atoms with Gasteiger partial charge in [0.1, 0.15) is 0 Å². The van der Waals surface area contributed by atoms with E-state index in [-0.39, 0.29) is 0 Å². The second-order valence-electron chi connectivity index (χ2n) is 5.08. The molecule has 0 spiro atoms. The summed E-state index contributed by atoms with van der Waals surface area (Å²) < 4.78 is 0. The minimum absolute atomic E-state index is 0.849. The fourth-order valence-electron chi connectivity index (χ4n) is 2.34. The van der Waals surface area contributed by atoms with Crippen LogP contribution < -0.4 is 5.73 Å². The van der Waals surface area contributed by atoms with Crippen molar-refractivity contribution in [2.45, 2.75) is 25.7 Å². The molecule has 2 rings (SSSR count). The largest absolute Gasteiger partial charge is 0.330 e. The van der Waals surface area contributed by atoms with Gasteiger partial charge >= 0.3 is 0 Å². The number of rotatable bonds is 6. The van der Waals surface area contributed by atoms with E-state index in [9.17, 15) is 0 Å². The van der Waals surface area contributed by atoms with Gasteiger partial charge in [-0.25, -0.2) is 0 Å². The molecule has 2 fully saturated rings. The molecule has 3 heteroatoms. The highest BCUT2D eigenvalue weighted by molar-refractivity contribution is 4.80. The van der Waals surface area contributed by atoms with E-state index in [4.69, 9.17) is 5.73 Å². The van der Waals surface area contributed by atoms with Gasteiger partial charge in [0.15, 0.2) is 0 Å². The van der Waals surface area contributed by atoms with E-state index in [1.807, 2.05) is 0 Å². The van der Waals surface area contributed by atoms with Crippen LogP contribution in [-0.2, 0) is 0 Å². The lowest BCUT2D eigenvalue weighted by molar-refractivity contribution is 0.127. The van der Waals surface area contributed by atoms with Crippen molar-refractivity contribution in [2.75, 3.05) is 45.8 Å². The molecule has 0 aromatic rings. The van der Waals surface area contributed by atoms with Gasteiger partial charge in [0.2, 0.25) is 0 Å². The minimum atomic E-state index is 0.849. The second kappa shape index (κ2) is 5.83. The maximum Gasteiger partial charge on any atom is 0.0110 e. The van der Waals surface area contributed by atoms with Crippen LogP contribution in [0.3, 0.4) is 0 Å². The first kappa shape index (κ1) is 11.4. The van der Waals surface area contributed by atoms with Gasteiger partial charge in [0.05, 0.1) is 0 Å². The lowest BCUT2D eigenvalue weighted by atomic mass is 10.2. The summed E-state index contributed by atoms with van der Waals surface area (Å²) in [5, 5.41) is 0. The molecule has 1 aliphatic carbocycles. The lowest BCUT2D eigenvalue weighted by Gasteiger charge is -2.34. The normalized spacial score (nSPS) is 24.6. The van der Waals surface area contributed by atoms with Crippen molar-refractivity contribution in [3.8, 4) is 0 Å². The van der Waals surface area contributed by atoms with Crippen LogP contribution in [0.25, 0.3) is 0 Å². The summed E-state index contributed by atoms with van der Waals surface area (Å²) >= 11 is 0. The van der Waals surface area contributed by atoms with Crippen molar-refractivity contribution < 1.29 is 0 Å². The molecule has 3 nitrogen and oxygen atoms in total. The summed E-state index contributed by atoms with van der Waals surface area (Å²) in [4.78, 5) is 5.25. The fourth-order valence-corrected chi connectivity index (χ4v) is 2.34. The van der Waals surface area contributed by atoms with Crippen LogP contribution in [0, 0.1) is 5.92 Å². The van der Waals surface area contributed by atoms with Gasteiger partial charge in [-0.05, 0) is 44.7 Å². The topological polar surface area (TPSA) is 32.5 Å². The molecule has 1 saturated carbocycles. The van der Waals surface area contributed by atoms with E-state index in [1.165, 1.54) is 65.0 Å². The Morgan fingerprint density at radius 3 is 2.20 bits per heavy atom. The third-order valence-electron chi connectivity index (χ3n) is 3.61. The van der Waals surface area contributed by atoms with E-state index >= 15 is 0 Å². The molecular weight excluding hydrogens is 186 g/mol. The predicted molar refractivity (Wildman–Crippen MR) is 63.9 cm³/mol. The summed E-state index contributed by atoms with van der Waals surface area (Å²) in [6, 6.07) is 0. The highest BCUT2D eigenvalue weighted by Crippen LogP contribution is 2.29. The van der Waals surface area contributed by atoms with Gasteiger partial charge in [0, 0.05) is 32.7 Å². The molecule has 0 unspecified atom stereocenters. The van der Waals surface area contributed by atoms with Crippen LogP contribution >= 0.6 is 0 Å². The Kier molecular flexibility index (Phi) is 4.42. The number of hydrogen-bond acceptors (Lipinski definition) is 3. The number of nitrogens with zero attached hydrogens (tertiary/aromatic N) is 2. The van der Waals surface area contributed by atoms with Gasteiger partial charge in [0.25, 0.3) is 0 Å². The summed E-state index contributed by atoms with van der Waals surface area (Å²) in [6.07, 6.45) is 5.43. The van der Waals surface area contributed by atoms with Crippen LogP contribution in [0.5, 0.6) is 0 Å². The van der Waals surface area contributed by atoms with Crippen molar-refractivity contribution >= 4 is 0 Å². The number of hydrogen-bond donors (Lipinski definition) is 1. The Morgan fingerprint density at radius 1 is 0.933 bits per heavy atom. The van der Waals surface area contributed by atoms with Gasteiger partial charge in [-0.15, -0.1) is 0 Å². The first-order chi connectivity index (χ1) is 7.38. The van der Waals surface area contributed by atoms with Crippen LogP contribution in [0.1, 0.15) is 25.7 Å². The predicted octanol–water partition coefficient (Wildman–Crippen LogP) is 0.753. The third-order valence-corrected chi connectivity index (χ3v) is 3.61. The smallest absolute Gasteiger partial charge is 0.0110 e. The maximum atomic E-state index is 5.50. The van der Waals surface area contributed by atoms with Crippen molar-refractivity contribution in [3.05, 3.63) is 0 Å². The zero-order valence-corrected chi connectivity index (χ0v) is 9.83. The molecule has 88 valence electrons. The van der Waals surface area contributed by atoms with Crippen molar-refractivity contribution in [1.82, 2.24) is 9.80 Å². The molecule has 0 aromatic carbocycles. The average Bonchev–Trinajstić information content (AvgIpc) is 3.05. The number of piperazine rings is 1. The van der Waals surface area contributed by atoms with E-state index in [1.54, 1.807) is 0 Å². The summed E-state index contributed by atoms with van der Waals surface area (Å²) in [7, 11) is 0. The third kappa shape index (κ3) is 4.09. The summed E-state index contributed by atoms with van der Waals surface area (Å²) in [5.74, 6) is 1.05. The van der Waals surface area contributed by atoms with E-state index < -0.39 is 0 Å². The molecule has 0 amide bonds. The Labute approximate surface area is 93.6 Å². The SMILES string of the molecule is NCCCCN1CCN(CC2CC2)CC1. The molecule has 15 heavy (non-hydrogen) atoms. The zero-order chi connectivity index (χ0) is 10.5. The molecule has 0 atom stereocenters. The Bertz CT molecular complexity index is 172. The molecule has 1 saturated heterocycles. The van der Waals surface area contributed by atoms with Crippen LogP contribution in [0.4, 0.5) is 0 Å². The van der Waals surface area contributed by atoms with Crippen LogP contribution in [0.2, 0.25) is 0 Å². The maximum absolute atomic E-state index is 5.50. The summed E-state index contributed by atoms with van der Waals surface area (Å²) in [5.41, 5.74) is 5.50. The molecule has 2 N–H and O–H groups in total. The monoisotopic (exact) mass is 211 g/mol. The quantitative estimate of drug-likeness (QED) is 0.658. The van der Waals surface area contributed by atoms with Gasteiger partial charge in [-0.2, -0.15) is 0 Å². The zero-order valence-electron chi connectivity index (χ0n) is 9.83. The van der Waals surface area contributed by atoms with E-state index in [2.05, 4.69) is 9.80 Å². The number of nitrogens with two attached hydrogens (primary N) is 1. The first-order valence-corrected chi connectivity index (χ1v) is 6.53. The van der Waals surface area contributed by atoms with Crippen molar-refractivity contribution in [1.29, 1.82) is 0 Å². The summed E-state index contributed by atoms with van der Waals surface area (Å²) in [6.45, 7) is 8.61. The number of unbranched alkanes of at least 4 members (excludes halogenated alkanes) is 1. The van der Waals surface area contributed by atoms with Crippen molar-refractivity contribution in [3.63, 3.8) is 0 Å². The lowest BCUT2D eigenvalue weighted by Crippen LogP contribution is -2.47. The molecule has 0 bridgehead atoms. The van der Waals surface area contributed by atoms with E-state index in [0.717, 1.165) is 12.5 Å². The Hall–Kier alpha value is -0.120. The average molecular weight is 211 g/mol. The second-order valence-corrected chi connectivity index (χ2v) is 5.08. The van der Waals surface area contributed by atoms with E-state index in [0.29, 0.717) is 0 Å². The molecule has 1 heterocycles. The molecule has 2 aliphatic rings. The van der Waals surface area contributed by atoms with Crippen LogP contribution in [-0.4, -0.2) is 55.6 Å². The fraction of sp³-hybridized carbons (Fsp3) is 1.00. The Balaban J connectivity index is 1.54. The highest BCUT2D eigenvalue weighted by atomic mass is 15.3. The molecular formula is C12H25N3. The molecule has 0 radical (unpaired) electrons. The minimum Gasteiger partial charge on any atom is -0.330 e. The molecule has 0 aromatic heterocycles.